The third-order valence-electron chi connectivity index (χ3n) is 2.09. The first-order valence-electron chi connectivity index (χ1n) is 5.95. The fourth-order valence-electron chi connectivity index (χ4n) is 1.21. The van der Waals surface area contributed by atoms with Crippen LogP contribution in [0.5, 0.6) is 0 Å². The number of thiocarbonyl (C=S) groups is 1. The van der Waals surface area contributed by atoms with Crippen LogP contribution in [0.2, 0.25) is 0 Å². The van der Waals surface area contributed by atoms with Crippen LogP contribution in [0.3, 0.4) is 0 Å². The summed E-state index contributed by atoms with van der Waals surface area (Å²) in [5.41, 5.74) is 4.54. The minimum absolute atomic E-state index is 0.544. The molecule has 0 saturated heterocycles. The SMILES string of the molecule is CCCCNC(=S)N/N=C/c1cccc(C)n1.[Cl][Cu][Cl]. The van der Waals surface area contributed by atoms with E-state index in [-0.39, 0.29) is 0 Å². The maximum absolute atomic E-state index is 5.05. The number of unbranched alkanes of at least 4 members (excludes halogenated alkanes) is 1. The summed E-state index contributed by atoms with van der Waals surface area (Å²) in [6, 6.07) is 5.79. The second-order valence-corrected chi connectivity index (χ2v) is 5.69. The minimum atomic E-state index is 0.544. The molecule has 2 N–H and O–H groups in total. The van der Waals surface area contributed by atoms with Gasteiger partial charge >= 0.3 is 33.3 Å². The second-order valence-electron chi connectivity index (χ2n) is 3.73. The molecule has 0 aliphatic heterocycles. The van der Waals surface area contributed by atoms with Crippen molar-refractivity contribution in [3.05, 3.63) is 29.6 Å². The van der Waals surface area contributed by atoms with E-state index in [1.165, 1.54) is 0 Å². The number of hydrogen-bond acceptors (Lipinski definition) is 3. The normalized spacial score (nSPS) is 10.0. The van der Waals surface area contributed by atoms with Crippen LogP contribution in [0.1, 0.15) is 31.2 Å². The predicted octanol–water partition coefficient (Wildman–Crippen LogP) is 3.36. The van der Waals surface area contributed by atoms with E-state index < -0.39 is 0 Å². The molecule has 0 amide bonds. The zero-order valence-electron chi connectivity index (χ0n) is 11.3. The average molecular weight is 385 g/mol. The van der Waals surface area contributed by atoms with Gasteiger partial charge in [-0.1, -0.05) is 19.4 Å². The van der Waals surface area contributed by atoms with Crippen LogP contribution < -0.4 is 10.7 Å². The van der Waals surface area contributed by atoms with E-state index in [1.807, 2.05) is 25.1 Å². The molecule has 0 fully saturated rings. The summed E-state index contributed by atoms with van der Waals surface area (Å²) < 4.78 is 0. The van der Waals surface area contributed by atoms with E-state index in [2.05, 4.69) is 47.9 Å². The Morgan fingerprint density at radius 1 is 1.50 bits per heavy atom. The Hall–Kier alpha value is -0.391. The molecule has 0 unspecified atom stereocenters. The van der Waals surface area contributed by atoms with Crippen molar-refractivity contribution in [3.63, 3.8) is 0 Å². The fourth-order valence-corrected chi connectivity index (χ4v) is 1.37. The second kappa shape index (κ2) is 13.6. The Kier molecular flexibility index (Phi) is 13.3. The summed E-state index contributed by atoms with van der Waals surface area (Å²) in [6.45, 7) is 4.96. The Morgan fingerprint density at radius 2 is 2.20 bits per heavy atom. The summed E-state index contributed by atoms with van der Waals surface area (Å²) in [4.78, 5) is 4.29. The van der Waals surface area contributed by atoms with Crippen molar-refractivity contribution in [3.8, 4) is 0 Å². The van der Waals surface area contributed by atoms with Crippen LogP contribution in [0, 0.1) is 6.92 Å². The number of rotatable bonds is 5. The van der Waals surface area contributed by atoms with E-state index in [0.717, 1.165) is 43.9 Å². The van der Waals surface area contributed by atoms with Gasteiger partial charge in [0.25, 0.3) is 0 Å². The molecule has 4 nitrogen and oxygen atoms in total. The van der Waals surface area contributed by atoms with E-state index in [9.17, 15) is 0 Å². The summed E-state index contributed by atoms with van der Waals surface area (Å²) >= 11 is 5.81. The first-order valence-corrected chi connectivity index (χ1v) is 8.95. The van der Waals surface area contributed by atoms with Gasteiger partial charge in [-0.15, -0.1) is 0 Å². The van der Waals surface area contributed by atoms with Gasteiger partial charge in [0.1, 0.15) is 0 Å². The molecule has 0 bridgehead atoms. The topological polar surface area (TPSA) is 49.3 Å². The van der Waals surface area contributed by atoms with Gasteiger partial charge in [0.05, 0.1) is 11.9 Å². The Balaban J connectivity index is 0.00000110. The number of hydrazone groups is 1. The van der Waals surface area contributed by atoms with Crippen molar-refractivity contribution >= 4 is 43.7 Å². The quantitative estimate of drug-likeness (QED) is 0.269. The van der Waals surface area contributed by atoms with Crippen LogP contribution in [0.4, 0.5) is 0 Å². The number of aryl methyl sites for hydroxylation is 1. The van der Waals surface area contributed by atoms with Gasteiger partial charge in [0, 0.05) is 12.2 Å². The number of nitrogens with zero attached hydrogens (tertiary/aromatic N) is 2. The van der Waals surface area contributed by atoms with Crippen molar-refractivity contribution < 1.29 is 13.1 Å². The predicted molar refractivity (Wildman–Crippen MR) is 86.9 cm³/mol. The zero-order chi connectivity index (χ0) is 15.2. The Bertz CT molecular complexity index is 418. The maximum atomic E-state index is 5.05. The van der Waals surface area contributed by atoms with Gasteiger partial charge in [-0.05, 0) is 37.7 Å². The molecule has 0 aliphatic rings. The Morgan fingerprint density at radius 3 is 2.80 bits per heavy atom. The number of hydrogen-bond donors (Lipinski definition) is 2. The molecule has 8 heteroatoms. The van der Waals surface area contributed by atoms with Crippen molar-refractivity contribution in [2.75, 3.05) is 6.54 Å². The molecule has 1 rings (SSSR count). The molecule has 20 heavy (non-hydrogen) atoms. The number of aromatic nitrogens is 1. The summed E-state index contributed by atoms with van der Waals surface area (Å²) in [5.74, 6) is 0. The average Bonchev–Trinajstić information content (AvgIpc) is 2.40. The van der Waals surface area contributed by atoms with Crippen LogP contribution in [0.25, 0.3) is 0 Å². The van der Waals surface area contributed by atoms with Crippen molar-refractivity contribution in [2.45, 2.75) is 26.7 Å². The summed E-state index contributed by atoms with van der Waals surface area (Å²) in [7, 11) is 9.34. The first kappa shape index (κ1) is 19.6. The van der Waals surface area contributed by atoms with Crippen LogP contribution in [-0.2, 0) is 13.1 Å². The third kappa shape index (κ3) is 11.4. The van der Waals surface area contributed by atoms with E-state index in [1.54, 1.807) is 6.21 Å². The zero-order valence-corrected chi connectivity index (χ0v) is 14.6. The standard InChI is InChI=1S/C12H18N4S.2ClH.Cu/c1-3-4-8-13-12(17)16-14-9-11-7-5-6-10(2)15-11;;;/h5-7,9H,3-4,8H2,1-2H3,(H2,13,16,17);2*1H;/q;;;+2/p-2/b14-9+;;;. The molecule has 0 aromatic carbocycles. The fraction of sp³-hybridized carbons (Fsp3) is 0.417. The van der Waals surface area contributed by atoms with Crippen molar-refractivity contribution in [1.29, 1.82) is 0 Å². The van der Waals surface area contributed by atoms with Gasteiger partial charge in [-0.2, -0.15) is 5.10 Å². The first-order chi connectivity index (χ1) is 9.63. The van der Waals surface area contributed by atoms with Crippen LogP contribution in [0.15, 0.2) is 23.3 Å². The van der Waals surface area contributed by atoms with E-state index >= 15 is 0 Å². The van der Waals surface area contributed by atoms with Gasteiger partial charge < -0.3 is 5.32 Å². The molecule has 1 aromatic rings. The van der Waals surface area contributed by atoms with Gasteiger partial charge in [-0.3, -0.25) is 10.4 Å². The van der Waals surface area contributed by atoms with E-state index in [0.29, 0.717) is 5.11 Å². The van der Waals surface area contributed by atoms with Crippen LogP contribution >= 0.6 is 32.4 Å². The summed E-state index contributed by atoms with van der Waals surface area (Å²) in [6.07, 6.45) is 3.90. The number of nitrogens with one attached hydrogen (secondary N) is 2. The number of pyridine rings is 1. The van der Waals surface area contributed by atoms with Crippen molar-refractivity contribution in [1.82, 2.24) is 15.7 Å². The van der Waals surface area contributed by atoms with E-state index in [4.69, 9.17) is 12.2 Å². The Labute approximate surface area is 140 Å². The van der Waals surface area contributed by atoms with Gasteiger partial charge in [0.2, 0.25) is 0 Å². The molecule has 117 valence electrons. The molecule has 0 saturated carbocycles. The van der Waals surface area contributed by atoms with Crippen LogP contribution in [-0.4, -0.2) is 22.9 Å². The number of halogens is 2. The monoisotopic (exact) mass is 383 g/mol. The molecule has 0 aliphatic carbocycles. The molecule has 1 heterocycles. The van der Waals surface area contributed by atoms with Gasteiger partial charge in [-0.25, -0.2) is 0 Å². The molecule has 0 atom stereocenters. The molecule has 0 spiro atoms. The van der Waals surface area contributed by atoms with Gasteiger partial charge in [0.15, 0.2) is 5.11 Å². The summed E-state index contributed by atoms with van der Waals surface area (Å²) in [5, 5.41) is 7.63. The molecular weight excluding hydrogens is 367 g/mol. The third-order valence-corrected chi connectivity index (χ3v) is 2.32. The van der Waals surface area contributed by atoms with Crippen molar-refractivity contribution in [2.24, 2.45) is 5.10 Å². The molecule has 0 radical (unpaired) electrons. The molecular formula is C12H18Cl2CuN4S. The molecule has 1 aromatic heterocycles.